The van der Waals surface area contributed by atoms with Gasteiger partial charge in [-0.25, -0.2) is 4.98 Å². The van der Waals surface area contributed by atoms with Gasteiger partial charge in [-0.15, -0.1) is 11.6 Å². The van der Waals surface area contributed by atoms with E-state index in [4.69, 9.17) is 21.1 Å². The minimum Gasteiger partial charge on any atom is -0.493 e. The van der Waals surface area contributed by atoms with Crippen molar-refractivity contribution in [1.82, 2.24) is 14.5 Å². The number of carbonyl (C=O) groups is 1. The fourth-order valence-corrected chi connectivity index (χ4v) is 4.64. The molecule has 28 heavy (non-hydrogen) atoms. The zero-order chi connectivity index (χ0) is 20.4. The van der Waals surface area contributed by atoms with E-state index >= 15 is 0 Å². The van der Waals surface area contributed by atoms with Gasteiger partial charge in [0.1, 0.15) is 5.52 Å². The van der Waals surface area contributed by atoms with Crippen molar-refractivity contribution >= 4 is 39.2 Å². The molecular formula is C19H20ClN3O4S. The average molecular weight is 422 g/mol. The standard InChI is InChI=1S/C19H20ClN3O4S/c1-11-5-6-14-17(16(11)12(2)24)22-19(23(14)10-20)28(25)9-13-18(27-4)15(26-3)7-8-21-13/h5-8H,9-10H2,1-4H3. The molecule has 0 fully saturated rings. The number of Topliss-reactive ketones (excluding diaryl/α,β-unsaturated/α-hetero) is 1. The number of fused-ring (bicyclic) bond motifs is 1. The molecule has 1 unspecified atom stereocenters. The van der Waals surface area contributed by atoms with Crippen molar-refractivity contribution in [2.45, 2.75) is 30.8 Å². The minimum atomic E-state index is -1.57. The quantitative estimate of drug-likeness (QED) is 0.429. The molecule has 1 aromatic carbocycles. The second-order valence-electron chi connectivity index (χ2n) is 6.11. The second-order valence-corrected chi connectivity index (χ2v) is 7.69. The van der Waals surface area contributed by atoms with Crippen LogP contribution < -0.4 is 9.47 Å². The van der Waals surface area contributed by atoms with Gasteiger partial charge in [0.25, 0.3) is 0 Å². The highest BCUT2D eigenvalue weighted by atomic mass is 35.5. The van der Waals surface area contributed by atoms with Crippen LogP contribution in [0.3, 0.4) is 0 Å². The third-order valence-electron chi connectivity index (χ3n) is 4.40. The van der Waals surface area contributed by atoms with Crippen molar-refractivity contribution in [3.8, 4) is 11.5 Å². The summed E-state index contributed by atoms with van der Waals surface area (Å²) in [5.74, 6) is 0.891. The largest absolute Gasteiger partial charge is 0.493 e. The van der Waals surface area contributed by atoms with Gasteiger partial charge in [-0.2, -0.15) is 0 Å². The van der Waals surface area contributed by atoms with Crippen LogP contribution in [0.2, 0.25) is 0 Å². The summed E-state index contributed by atoms with van der Waals surface area (Å²) < 4.78 is 25.4. The highest BCUT2D eigenvalue weighted by Gasteiger charge is 2.23. The number of benzene rings is 1. The Morgan fingerprint density at radius 1 is 1.25 bits per heavy atom. The Kier molecular flexibility index (Phi) is 6.00. The molecule has 0 saturated heterocycles. The van der Waals surface area contributed by atoms with Crippen LogP contribution in [0.15, 0.2) is 29.6 Å². The average Bonchev–Trinajstić information content (AvgIpc) is 3.05. The molecule has 3 rings (SSSR count). The number of carbonyl (C=O) groups excluding carboxylic acids is 1. The van der Waals surface area contributed by atoms with Gasteiger partial charge in [0.05, 0.1) is 48.0 Å². The van der Waals surface area contributed by atoms with Crippen LogP contribution in [-0.4, -0.2) is 38.7 Å². The van der Waals surface area contributed by atoms with Crippen molar-refractivity contribution in [1.29, 1.82) is 0 Å². The van der Waals surface area contributed by atoms with E-state index in [9.17, 15) is 9.00 Å². The Bertz CT molecular complexity index is 1080. The highest BCUT2D eigenvalue weighted by molar-refractivity contribution is 7.84. The molecule has 0 N–H and O–H groups in total. The van der Waals surface area contributed by atoms with Gasteiger partial charge in [-0.3, -0.25) is 14.0 Å². The van der Waals surface area contributed by atoms with E-state index in [1.54, 1.807) is 16.8 Å². The molecule has 0 spiro atoms. The lowest BCUT2D eigenvalue weighted by Gasteiger charge is -2.11. The molecule has 3 aromatic rings. The van der Waals surface area contributed by atoms with Crippen LogP contribution in [-0.2, 0) is 22.6 Å². The van der Waals surface area contributed by atoms with Crippen molar-refractivity contribution in [2.75, 3.05) is 14.2 Å². The smallest absolute Gasteiger partial charge is 0.201 e. The van der Waals surface area contributed by atoms with E-state index in [1.807, 2.05) is 19.1 Å². The molecule has 0 radical (unpaired) electrons. The lowest BCUT2D eigenvalue weighted by atomic mass is 10.0. The molecule has 0 aliphatic heterocycles. The normalized spacial score (nSPS) is 12.2. The fraction of sp³-hybridized carbons (Fsp3) is 0.316. The van der Waals surface area contributed by atoms with Gasteiger partial charge in [-0.05, 0) is 25.5 Å². The first-order valence-corrected chi connectivity index (χ1v) is 10.3. The van der Waals surface area contributed by atoms with Gasteiger partial charge in [0, 0.05) is 17.8 Å². The Morgan fingerprint density at radius 3 is 2.61 bits per heavy atom. The van der Waals surface area contributed by atoms with Gasteiger partial charge in [0.2, 0.25) is 5.16 Å². The van der Waals surface area contributed by atoms with E-state index in [-0.39, 0.29) is 22.7 Å². The molecule has 7 nitrogen and oxygen atoms in total. The molecule has 2 heterocycles. The maximum Gasteiger partial charge on any atom is 0.201 e. The van der Waals surface area contributed by atoms with E-state index in [0.29, 0.717) is 33.8 Å². The van der Waals surface area contributed by atoms with Gasteiger partial charge < -0.3 is 14.0 Å². The molecule has 0 aliphatic carbocycles. The van der Waals surface area contributed by atoms with E-state index in [0.717, 1.165) is 5.56 Å². The number of aryl methyl sites for hydroxylation is 1. The second kappa shape index (κ2) is 8.28. The number of hydrogen-bond donors (Lipinski definition) is 0. The Labute approximate surface area is 170 Å². The zero-order valence-corrected chi connectivity index (χ0v) is 17.6. The van der Waals surface area contributed by atoms with E-state index in [2.05, 4.69) is 9.97 Å². The van der Waals surface area contributed by atoms with Crippen LogP contribution in [0.1, 0.15) is 28.5 Å². The van der Waals surface area contributed by atoms with Crippen LogP contribution in [0, 0.1) is 6.92 Å². The number of methoxy groups -OCH3 is 2. The number of imidazole rings is 1. The van der Waals surface area contributed by atoms with Crippen LogP contribution in [0.5, 0.6) is 11.5 Å². The molecule has 148 valence electrons. The number of alkyl halides is 1. The van der Waals surface area contributed by atoms with Crippen molar-refractivity contribution in [2.24, 2.45) is 0 Å². The van der Waals surface area contributed by atoms with Crippen molar-refractivity contribution < 1.29 is 18.5 Å². The number of halogens is 1. The summed E-state index contributed by atoms with van der Waals surface area (Å²) in [5.41, 5.74) is 2.97. The van der Waals surface area contributed by atoms with Gasteiger partial charge in [0.15, 0.2) is 17.3 Å². The molecule has 0 saturated carbocycles. The first kappa shape index (κ1) is 20.3. The summed E-state index contributed by atoms with van der Waals surface area (Å²) >= 11 is 6.12. The van der Waals surface area contributed by atoms with E-state index in [1.165, 1.54) is 21.1 Å². The summed E-state index contributed by atoms with van der Waals surface area (Å²) in [4.78, 5) is 20.9. The molecule has 0 aliphatic rings. The maximum atomic E-state index is 13.1. The number of hydrogen-bond acceptors (Lipinski definition) is 6. The molecule has 1 atom stereocenters. The van der Waals surface area contributed by atoms with E-state index < -0.39 is 10.8 Å². The van der Waals surface area contributed by atoms with Crippen LogP contribution >= 0.6 is 11.6 Å². The fourth-order valence-electron chi connectivity index (χ4n) is 3.15. The predicted molar refractivity (Wildman–Crippen MR) is 108 cm³/mol. The van der Waals surface area contributed by atoms with Crippen LogP contribution in [0.25, 0.3) is 11.0 Å². The van der Waals surface area contributed by atoms with Gasteiger partial charge >= 0.3 is 0 Å². The molecule has 2 aromatic heterocycles. The maximum absolute atomic E-state index is 13.1. The number of rotatable bonds is 7. The number of pyridine rings is 1. The lowest BCUT2D eigenvalue weighted by molar-refractivity contribution is 0.101. The minimum absolute atomic E-state index is 0.0562. The summed E-state index contributed by atoms with van der Waals surface area (Å²) in [6, 6.07) is 5.39. The molecular weight excluding hydrogens is 402 g/mol. The third-order valence-corrected chi connectivity index (χ3v) is 5.90. The highest BCUT2D eigenvalue weighted by Crippen LogP contribution is 2.31. The number of aromatic nitrogens is 3. The van der Waals surface area contributed by atoms with Crippen LogP contribution in [0.4, 0.5) is 0 Å². The number of nitrogens with zero attached hydrogens (tertiary/aromatic N) is 3. The van der Waals surface area contributed by atoms with Crippen molar-refractivity contribution in [3.05, 3.63) is 41.2 Å². The molecule has 9 heteroatoms. The Morgan fingerprint density at radius 2 is 2.00 bits per heavy atom. The molecule has 0 amide bonds. The van der Waals surface area contributed by atoms with Crippen molar-refractivity contribution in [3.63, 3.8) is 0 Å². The summed E-state index contributed by atoms with van der Waals surface area (Å²) in [6.45, 7) is 3.33. The Hall–Kier alpha value is -2.45. The monoisotopic (exact) mass is 421 g/mol. The predicted octanol–water partition coefficient (Wildman–Crippen LogP) is 3.46. The summed E-state index contributed by atoms with van der Waals surface area (Å²) in [7, 11) is 1.46. The first-order chi connectivity index (χ1) is 13.4. The number of ketones is 1. The zero-order valence-electron chi connectivity index (χ0n) is 16.0. The lowest BCUT2D eigenvalue weighted by Crippen LogP contribution is -2.08. The Balaban J connectivity index is 2.10. The third kappa shape index (κ3) is 3.49. The SMILES string of the molecule is COc1ccnc(CS(=O)c2nc3c(C(C)=O)c(C)ccc3n2CCl)c1OC. The summed E-state index contributed by atoms with van der Waals surface area (Å²) in [5, 5.41) is 0.282. The number of ether oxygens (including phenoxy) is 2. The first-order valence-electron chi connectivity index (χ1n) is 8.43. The molecule has 0 bridgehead atoms. The topological polar surface area (TPSA) is 83.3 Å². The summed E-state index contributed by atoms with van der Waals surface area (Å²) in [6.07, 6.45) is 1.57. The van der Waals surface area contributed by atoms with Gasteiger partial charge in [-0.1, -0.05) is 6.07 Å².